The Morgan fingerprint density at radius 3 is 2.13 bits per heavy atom. The average molecular weight is 519 g/mol. The summed E-state index contributed by atoms with van der Waals surface area (Å²) in [6.07, 6.45) is 3.25. The molecule has 0 unspecified atom stereocenters. The number of rotatable bonds is 5. The van der Waals surface area contributed by atoms with Crippen LogP contribution in [0.3, 0.4) is 0 Å². The molecule has 5 aliphatic carbocycles. The van der Waals surface area contributed by atoms with Gasteiger partial charge in [-0.1, -0.05) is 69.7 Å². The van der Waals surface area contributed by atoms with Crippen molar-refractivity contribution in [2.24, 2.45) is 44.8 Å². The first-order valence-corrected chi connectivity index (χ1v) is 14.0. The molecule has 0 amide bonds. The van der Waals surface area contributed by atoms with E-state index < -0.39 is 50.0 Å². The van der Waals surface area contributed by atoms with Gasteiger partial charge in [0.15, 0.2) is 28.5 Å². The molecular weight excluding hydrogens is 476 g/mol. The summed E-state index contributed by atoms with van der Waals surface area (Å²) in [5.74, 6) is -2.64. The van der Waals surface area contributed by atoms with Crippen LogP contribution in [-0.4, -0.2) is 33.8 Å². The Balaban J connectivity index is 1.89. The van der Waals surface area contributed by atoms with Gasteiger partial charge in [0.2, 0.25) is 0 Å². The van der Waals surface area contributed by atoms with Crippen LogP contribution in [0.25, 0.3) is 0 Å². The monoisotopic (exact) mass is 518 g/mol. The summed E-state index contributed by atoms with van der Waals surface area (Å²) in [5, 5.41) is 11.3. The first-order valence-electron chi connectivity index (χ1n) is 14.0. The smallest absolute Gasteiger partial charge is 0.184 e. The van der Waals surface area contributed by atoms with Crippen LogP contribution in [0.1, 0.15) is 91.4 Å². The predicted molar refractivity (Wildman–Crippen MR) is 145 cm³/mol. The van der Waals surface area contributed by atoms with Gasteiger partial charge in [-0.05, 0) is 82.0 Å². The van der Waals surface area contributed by atoms with Crippen molar-refractivity contribution in [1.82, 2.24) is 0 Å². The van der Waals surface area contributed by atoms with Crippen molar-refractivity contribution in [3.63, 3.8) is 0 Å². The van der Waals surface area contributed by atoms with Crippen molar-refractivity contribution in [2.45, 2.75) is 86.7 Å². The summed E-state index contributed by atoms with van der Waals surface area (Å²) in [7, 11) is 0. The van der Waals surface area contributed by atoms with Crippen LogP contribution in [0.2, 0.25) is 0 Å². The third-order valence-corrected chi connectivity index (χ3v) is 11.5. The van der Waals surface area contributed by atoms with E-state index in [2.05, 4.69) is 13.8 Å². The summed E-state index contributed by atoms with van der Waals surface area (Å²) in [6.45, 7) is 15.3. The van der Waals surface area contributed by atoms with Crippen LogP contribution in [0.5, 0.6) is 0 Å². The molecule has 5 nitrogen and oxygen atoms in total. The molecule has 6 atom stereocenters. The largest absolute Gasteiger partial charge is 0.390 e. The van der Waals surface area contributed by atoms with E-state index in [-0.39, 0.29) is 36.4 Å². The van der Waals surface area contributed by atoms with E-state index in [0.29, 0.717) is 18.4 Å². The van der Waals surface area contributed by atoms with E-state index in [4.69, 9.17) is 0 Å². The number of Topliss-reactive ketones (excluding diaryl/α,β-unsaturated/α-hetero) is 4. The van der Waals surface area contributed by atoms with Gasteiger partial charge < -0.3 is 5.11 Å². The highest BCUT2D eigenvalue weighted by Crippen LogP contribution is 2.77. The van der Waals surface area contributed by atoms with Crippen LogP contribution in [0.15, 0.2) is 42.0 Å². The molecule has 4 bridgehead atoms. The lowest BCUT2D eigenvalue weighted by atomic mass is 9.37. The minimum Gasteiger partial charge on any atom is -0.390 e. The van der Waals surface area contributed by atoms with E-state index >= 15 is 4.79 Å². The lowest BCUT2D eigenvalue weighted by Gasteiger charge is -2.60. The van der Waals surface area contributed by atoms with Gasteiger partial charge in [-0.25, -0.2) is 0 Å². The predicted octanol–water partition coefficient (Wildman–Crippen LogP) is 5.79. The fourth-order valence-electron chi connectivity index (χ4n) is 9.57. The number of hydrogen-bond acceptors (Lipinski definition) is 5. The average Bonchev–Trinajstić information content (AvgIpc) is 2.98. The Bertz CT molecular complexity index is 1270. The van der Waals surface area contributed by atoms with Gasteiger partial charge in [-0.3, -0.25) is 19.2 Å². The molecule has 5 heteroatoms. The van der Waals surface area contributed by atoms with E-state index in [1.807, 2.05) is 33.8 Å². The van der Waals surface area contributed by atoms with Crippen LogP contribution >= 0.6 is 0 Å². The quantitative estimate of drug-likeness (QED) is 0.303. The summed E-state index contributed by atoms with van der Waals surface area (Å²) < 4.78 is 0. The van der Waals surface area contributed by atoms with Gasteiger partial charge >= 0.3 is 0 Å². The van der Waals surface area contributed by atoms with Gasteiger partial charge in [-0.2, -0.15) is 0 Å². The van der Waals surface area contributed by atoms with Crippen LogP contribution in [0.4, 0.5) is 0 Å². The highest BCUT2D eigenvalue weighted by molar-refractivity contribution is 6.42. The summed E-state index contributed by atoms with van der Waals surface area (Å²) in [5.41, 5.74) is -6.16. The number of allylic oxidation sites excluding steroid dienone is 2. The molecule has 1 aromatic rings. The lowest BCUT2D eigenvalue weighted by Crippen LogP contribution is -2.75. The molecule has 38 heavy (non-hydrogen) atoms. The Kier molecular flexibility index (Phi) is 5.60. The SMILES string of the molecule is CC(C)=CC[C@@]12C[C@H]3C[C@@H]4C(C)(C)[C@@H](C(C)(C)O)C[C@]4(C1=O)C(=O)[C@@](C(=O)c1ccccc1)(C2=O)C3(C)C. The number of carbonyl (C=O) groups is 4. The minimum absolute atomic E-state index is 0.169. The highest BCUT2D eigenvalue weighted by atomic mass is 16.3. The molecule has 5 saturated carbocycles. The van der Waals surface area contributed by atoms with E-state index in [1.165, 1.54) is 0 Å². The van der Waals surface area contributed by atoms with Crippen molar-refractivity contribution in [1.29, 1.82) is 0 Å². The van der Waals surface area contributed by atoms with E-state index in [1.54, 1.807) is 44.2 Å². The third kappa shape index (κ3) is 2.92. The molecule has 6 rings (SSSR count). The molecule has 1 spiro atoms. The van der Waals surface area contributed by atoms with Gasteiger partial charge in [0.25, 0.3) is 0 Å². The lowest BCUT2D eigenvalue weighted by molar-refractivity contribution is -0.181. The Morgan fingerprint density at radius 2 is 1.58 bits per heavy atom. The number of benzene rings is 1. The van der Waals surface area contributed by atoms with Crippen molar-refractivity contribution >= 4 is 23.1 Å². The molecule has 204 valence electrons. The third-order valence-electron chi connectivity index (χ3n) is 11.5. The molecule has 1 aromatic carbocycles. The van der Waals surface area contributed by atoms with Crippen molar-refractivity contribution in [2.75, 3.05) is 0 Å². The Morgan fingerprint density at radius 1 is 0.974 bits per heavy atom. The zero-order chi connectivity index (χ0) is 28.3. The first kappa shape index (κ1) is 27.2. The van der Waals surface area contributed by atoms with Crippen molar-refractivity contribution in [3.05, 3.63) is 47.5 Å². The second kappa shape index (κ2) is 7.84. The first-order chi connectivity index (χ1) is 17.4. The Hall–Kier alpha value is -2.40. The Labute approximate surface area is 226 Å². The minimum atomic E-state index is -1.94. The van der Waals surface area contributed by atoms with Gasteiger partial charge in [-0.15, -0.1) is 0 Å². The molecular formula is C33H42O5. The van der Waals surface area contributed by atoms with Gasteiger partial charge in [0.1, 0.15) is 0 Å². The molecule has 1 N–H and O–H groups in total. The van der Waals surface area contributed by atoms with Crippen LogP contribution in [-0.2, 0) is 14.4 Å². The fraction of sp³-hybridized carbons (Fsp3) is 0.636. The zero-order valence-corrected chi connectivity index (χ0v) is 24.1. The maximum Gasteiger partial charge on any atom is 0.184 e. The second-order valence-electron chi connectivity index (χ2n) is 14.6. The normalized spacial score (nSPS) is 38.7. The standard InChI is InChI=1S/C33H42O5/c1-19(2)14-15-31-17-21-16-22-28(3,4)23(30(7,8)38)18-32(22,25(31)35)27(37)33(26(31)36,29(21,5)6)24(34)20-12-10-9-11-13-20/h9-14,21-23,38H,15-18H2,1-8H3/t21-,22-,23+,31-,32+,33-/m1/s1. The fourth-order valence-corrected chi connectivity index (χ4v) is 9.57. The highest BCUT2D eigenvalue weighted by Gasteiger charge is 2.86. The molecule has 5 aliphatic rings. The molecule has 0 saturated heterocycles. The summed E-state index contributed by atoms with van der Waals surface area (Å²) >= 11 is 0. The van der Waals surface area contributed by atoms with Crippen LogP contribution < -0.4 is 0 Å². The second-order valence-corrected chi connectivity index (χ2v) is 14.6. The number of aliphatic hydroxyl groups is 1. The van der Waals surface area contributed by atoms with E-state index in [0.717, 1.165) is 5.57 Å². The number of hydrogen-bond donors (Lipinski definition) is 1. The molecule has 5 fully saturated rings. The molecule has 0 aliphatic heterocycles. The van der Waals surface area contributed by atoms with Gasteiger partial charge in [0.05, 0.1) is 16.4 Å². The summed E-state index contributed by atoms with van der Waals surface area (Å²) in [6, 6.07) is 8.65. The maximum absolute atomic E-state index is 15.3. The van der Waals surface area contributed by atoms with E-state index in [9.17, 15) is 19.5 Å². The summed E-state index contributed by atoms with van der Waals surface area (Å²) in [4.78, 5) is 59.8. The van der Waals surface area contributed by atoms with Gasteiger partial charge in [0, 0.05) is 5.56 Å². The maximum atomic E-state index is 15.3. The zero-order valence-electron chi connectivity index (χ0n) is 24.1. The number of carbonyl (C=O) groups excluding carboxylic acids is 4. The van der Waals surface area contributed by atoms with Crippen molar-refractivity contribution < 1.29 is 24.3 Å². The molecule has 0 aromatic heterocycles. The topological polar surface area (TPSA) is 88.5 Å². The molecule has 0 heterocycles. The number of ketones is 4. The van der Waals surface area contributed by atoms with Crippen molar-refractivity contribution in [3.8, 4) is 0 Å². The van der Waals surface area contributed by atoms with Crippen LogP contribution in [0, 0.1) is 44.8 Å². The molecule has 0 radical (unpaired) electrons.